The summed E-state index contributed by atoms with van der Waals surface area (Å²) in [7, 11) is -3.53. The number of carbonyl (C=O) groups is 1. The molecule has 6 heteroatoms. The summed E-state index contributed by atoms with van der Waals surface area (Å²) in [4.78, 5) is 12.5. The Labute approximate surface area is 161 Å². The summed E-state index contributed by atoms with van der Waals surface area (Å²) in [6.07, 6.45) is 4.18. The van der Waals surface area contributed by atoms with Gasteiger partial charge in [-0.15, -0.1) is 0 Å². The van der Waals surface area contributed by atoms with E-state index in [2.05, 4.69) is 5.32 Å². The Balaban J connectivity index is 1.71. The molecular weight excluding hydrogens is 360 g/mol. The summed E-state index contributed by atoms with van der Waals surface area (Å²) in [5, 5.41) is 2.81. The first-order chi connectivity index (χ1) is 12.9. The molecule has 1 aliphatic rings. The fourth-order valence-corrected chi connectivity index (χ4v) is 4.83. The van der Waals surface area contributed by atoms with Crippen LogP contribution in [-0.4, -0.2) is 31.7 Å². The molecule has 0 saturated carbocycles. The van der Waals surface area contributed by atoms with Crippen molar-refractivity contribution in [3.05, 3.63) is 59.7 Å². The molecule has 0 radical (unpaired) electrons. The highest BCUT2D eigenvalue weighted by molar-refractivity contribution is 7.89. The molecule has 0 atom stereocenters. The summed E-state index contributed by atoms with van der Waals surface area (Å²) < 4.78 is 27.4. The fraction of sp³-hybridized carbons (Fsp3) is 0.381. The minimum atomic E-state index is -3.53. The van der Waals surface area contributed by atoms with Crippen molar-refractivity contribution in [3.8, 4) is 0 Å². The second-order valence-corrected chi connectivity index (χ2v) is 8.99. The van der Waals surface area contributed by atoms with E-state index in [1.165, 1.54) is 0 Å². The van der Waals surface area contributed by atoms with Crippen LogP contribution < -0.4 is 5.32 Å². The second kappa shape index (κ2) is 8.67. The largest absolute Gasteiger partial charge is 0.326 e. The highest BCUT2D eigenvalue weighted by Gasteiger charge is 2.25. The van der Waals surface area contributed by atoms with Crippen molar-refractivity contribution in [2.75, 3.05) is 18.4 Å². The van der Waals surface area contributed by atoms with Crippen LogP contribution in [0.4, 0.5) is 5.69 Å². The number of aryl methyl sites for hydroxylation is 1. The Bertz CT molecular complexity index is 884. The van der Waals surface area contributed by atoms with Gasteiger partial charge in [0.25, 0.3) is 0 Å². The van der Waals surface area contributed by atoms with E-state index >= 15 is 0 Å². The van der Waals surface area contributed by atoms with Gasteiger partial charge in [0.05, 0.1) is 11.3 Å². The van der Waals surface area contributed by atoms with Crippen LogP contribution in [-0.2, 0) is 21.2 Å². The third-order valence-electron chi connectivity index (χ3n) is 4.81. The topological polar surface area (TPSA) is 66.5 Å². The van der Waals surface area contributed by atoms with Gasteiger partial charge in [-0.2, -0.15) is 4.31 Å². The van der Waals surface area contributed by atoms with Gasteiger partial charge in [0.2, 0.25) is 15.9 Å². The average Bonchev–Trinajstić information content (AvgIpc) is 2.94. The molecule has 2 aromatic rings. The first-order valence-electron chi connectivity index (χ1n) is 9.41. The molecule has 1 N–H and O–H groups in total. The van der Waals surface area contributed by atoms with Crippen LogP contribution in [0.5, 0.6) is 0 Å². The van der Waals surface area contributed by atoms with Crippen molar-refractivity contribution in [1.82, 2.24) is 4.31 Å². The number of nitrogens with zero attached hydrogens (tertiary/aromatic N) is 1. The molecule has 1 aliphatic heterocycles. The van der Waals surface area contributed by atoms with Gasteiger partial charge in [-0.1, -0.05) is 48.7 Å². The van der Waals surface area contributed by atoms with Crippen LogP contribution in [0.2, 0.25) is 0 Å². The number of rotatable bonds is 5. The molecule has 144 valence electrons. The van der Waals surface area contributed by atoms with Gasteiger partial charge in [0, 0.05) is 18.8 Å². The maximum atomic E-state index is 12.9. The highest BCUT2D eigenvalue weighted by Crippen LogP contribution is 2.22. The molecule has 1 amide bonds. The quantitative estimate of drug-likeness (QED) is 0.851. The molecular formula is C21H26N2O3S. The number of amides is 1. The third-order valence-corrected chi connectivity index (χ3v) is 6.70. The Morgan fingerprint density at radius 2 is 1.67 bits per heavy atom. The monoisotopic (exact) mass is 386 g/mol. The van der Waals surface area contributed by atoms with E-state index in [1.807, 2.05) is 31.2 Å². The van der Waals surface area contributed by atoms with Gasteiger partial charge in [-0.25, -0.2) is 8.42 Å². The predicted molar refractivity (Wildman–Crippen MR) is 107 cm³/mol. The van der Waals surface area contributed by atoms with Crippen molar-refractivity contribution in [1.29, 1.82) is 0 Å². The van der Waals surface area contributed by atoms with Gasteiger partial charge in [0.15, 0.2) is 0 Å². The lowest BCUT2D eigenvalue weighted by atomic mass is 10.1. The number of hydrogen-bond donors (Lipinski definition) is 1. The molecule has 0 unspecified atom stereocenters. The number of sulfonamides is 1. The lowest BCUT2D eigenvalue weighted by Crippen LogP contribution is -2.32. The van der Waals surface area contributed by atoms with Gasteiger partial charge < -0.3 is 5.32 Å². The van der Waals surface area contributed by atoms with Crippen LogP contribution in [0.15, 0.2) is 53.4 Å². The first-order valence-corrected chi connectivity index (χ1v) is 10.8. The van der Waals surface area contributed by atoms with Gasteiger partial charge in [-0.3, -0.25) is 4.79 Å². The standard InChI is InChI=1S/C21H26N2O3S/c1-17-9-11-18(12-10-17)15-21(24)22-19-7-6-8-20(16-19)27(25,26)23-13-4-2-3-5-14-23/h6-12,16H,2-5,13-15H2,1H3,(H,22,24). The molecule has 1 heterocycles. The lowest BCUT2D eigenvalue weighted by molar-refractivity contribution is -0.115. The van der Waals surface area contributed by atoms with Gasteiger partial charge in [0.1, 0.15) is 0 Å². The molecule has 2 aromatic carbocycles. The summed E-state index contributed by atoms with van der Waals surface area (Å²) in [5.74, 6) is -0.164. The van der Waals surface area contributed by atoms with Crippen molar-refractivity contribution in [3.63, 3.8) is 0 Å². The van der Waals surface area contributed by atoms with Crippen molar-refractivity contribution in [2.24, 2.45) is 0 Å². The van der Waals surface area contributed by atoms with Crippen LogP contribution in [0, 0.1) is 6.92 Å². The molecule has 1 fully saturated rings. The zero-order chi connectivity index (χ0) is 19.3. The molecule has 0 aliphatic carbocycles. The van der Waals surface area contributed by atoms with E-state index in [0.717, 1.165) is 36.8 Å². The maximum Gasteiger partial charge on any atom is 0.243 e. The van der Waals surface area contributed by atoms with Crippen molar-refractivity contribution < 1.29 is 13.2 Å². The lowest BCUT2D eigenvalue weighted by Gasteiger charge is -2.20. The molecule has 0 bridgehead atoms. The highest BCUT2D eigenvalue weighted by atomic mass is 32.2. The Morgan fingerprint density at radius 1 is 1.00 bits per heavy atom. The van der Waals surface area contributed by atoms with Crippen LogP contribution in [0.25, 0.3) is 0 Å². The number of hydrogen-bond acceptors (Lipinski definition) is 3. The van der Waals surface area contributed by atoms with Gasteiger partial charge >= 0.3 is 0 Å². The summed E-state index contributed by atoms with van der Waals surface area (Å²) >= 11 is 0. The van der Waals surface area contributed by atoms with Crippen molar-refractivity contribution >= 4 is 21.6 Å². The van der Waals surface area contributed by atoms with E-state index in [9.17, 15) is 13.2 Å². The molecule has 1 saturated heterocycles. The molecule has 5 nitrogen and oxygen atoms in total. The summed E-state index contributed by atoms with van der Waals surface area (Å²) in [6, 6.07) is 14.3. The smallest absolute Gasteiger partial charge is 0.243 e. The molecule has 0 aromatic heterocycles. The Morgan fingerprint density at radius 3 is 2.33 bits per heavy atom. The third kappa shape index (κ3) is 5.17. The van der Waals surface area contributed by atoms with E-state index in [1.54, 1.807) is 28.6 Å². The summed E-state index contributed by atoms with van der Waals surface area (Å²) in [5.41, 5.74) is 2.57. The Hall–Kier alpha value is -2.18. The first kappa shape index (κ1) is 19.6. The minimum Gasteiger partial charge on any atom is -0.326 e. The van der Waals surface area contributed by atoms with Crippen LogP contribution in [0.3, 0.4) is 0 Å². The average molecular weight is 387 g/mol. The molecule has 3 rings (SSSR count). The number of benzene rings is 2. The fourth-order valence-electron chi connectivity index (χ4n) is 3.26. The predicted octanol–water partition coefficient (Wildman–Crippen LogP) is 3.74. The second-order valence-electron chi connectivity index (χ2n) is 7.06. The zero-order valence-corrected chi connectivity index (χ0v) is 16.5. The zero-order valence-electron chi connectivity index (χ0n) is 15.6. The van der Waals surface area contributed by atoms with E-state index in [0.29, 0.717) is 18.8 Å². The number of carbonyl (C=O) groups excluding carboxylic acids is 1. The summed E-state index contributed by atoms with van der Waals surface area (Å²) in [6.45, 7) is 3.12. The van der Waals surface area contributed by atoms with E-state index < -0.39 is 10.0 Å². The van der Waals surface area contributed by atoms with Crippen LogP contribution >= 0.6 is 0 Å². The van der Waals surface area contributed by atoms with Crippen LogP contribution in [0.1, 0.15) is 36.8 Å². The minimum absolute atomic E-state index is 0.164. The van der Waals surface area contributed by atoms with E-state index in [-0.39, 0.29) is 17.2 Å². The maximum absolute atomic E-state index is 12.9. The molecule has 0 spiro atoms. The molecule has 27 heavy (non-hydrogen) atoms. The number of nitrogens with one attached hydrogen (secondary N) is 1. The van der Waals surface area contributed by atoms with E-state index in [4.69, 9.17) is 0 Å². The van der Waals surface area contributed by atoms with Crippen molar-refractivity contribution in [2.45, 2.75) is 43.9 Å². The SMILES string of the molecule is Cc1ccc(CC(=O)Nc2cccc(S(=O)(=O)N3CCCCCC3)c2)cc1. The number of anilines is 1. The Kier molecular flexibility index (Phi) is 6.29. The normalized spacial score (nSPS) is 15.9. The van der Waals surface area contributed by atoms with Gasteiger partial charge in [-0.05, 0) is 43.5 Å².